The molecule has 0 aliphatic carbocycles. The summed E-state index contributed by atoms with van der Waals surface area (Å²) in [5.74, 6) is -11.7. The molecule has 0 radical (unpaired) electrons. The Balaban J connectivity index is 1.40. The van der Waals surface area contributed by atoms with Crippen molar-refractivity contribution in [3.8, 4) is 80.5 Å². The van der Waals surface area contributed by atoms with E-state index in [0.29, 0.717) is 0 Å². The first kappa shape index (κ1) is 35.1. The normalized spacial score (nSPS) is 20.2. The summed E-state index contributed by atoms with van der Waals surface area (Å²) in [7, 11) is 0. The van der Waals surface area contributed by atoms with Crippen LogP contribution in [0.4, 0.5) is 0 Å². The van der Waals surface area contributed by atoms with Crippen LogP contribution in [0.3, 0.4) is 0 Å². The van der Waals surface area contributed by atoms with Gasteiger partial charge in [0, 0.05) is 52.4 Å². The molecule has 280 valence electrons. The summed E-state index contributed by atoms with van der Waals surface area (Å²) in [6.45, 7) is 0. The first-order valence-electron chi connectivity index (χ1n) is 15.9. The smallest absolute Gasteiger partial charge is 0.338 e. The van der Waals surface area contributed by atoms with Crippen LogP contribution in [0.1, 0.15) is 56.3 Å². The van der Waals surface area contributed by atoms with Gasteiger partial charge in [-0.2, -0.15) is 0 Å². The number of rotatable bonds is 5. The van der Waals surface area contributed by atoms with Gasteiger partial charge in [-0.1, -0.05) is 6.07 Å². The summed E-state index contributed by atoms with van der Waals surface area (Å²) in [4.78, 5) is 13.4. The highest BCUT2D eigenvalue weighted by molar-refractivity contribution is 5.91. The van der Waals surface area contributed by atoms with Crippen LogP contribution < -0.4 is 9.47 Å². The fraction of sp³-hybridized carbons (Fsp3) is 0.162. The molecule has 13 N–H and O–H groups in total. The Morgan fingerprint density at radius 3 is 1.80 bits per heavy atom. The fourth-order valence-electron chi connectivity index (χ4n) is 6.79. The Morgan fingerprint density at radius 2 is 1.17 bits per heavy atom. The van der Waals surface area contributed by atoms with E-state index in [0.717, 1.165) is 54.6 Å². The number of hydrogen-bond donors (Lipinski definition) is 13. The molecule has 0 saturated carbocycles. The maximum atomic E-state index is 13.4. The molecule has 2 heterocycles. The highest BCUT2D eigenvalue weighted by Gasteiger charge is 2.47. The molecule has 0 amide bonds. The van der Waals surface area contributed by atoms with Crippen molar-refractivity contribution in [2.45, 2.75) is 36.8 Å². The molecule has 0 unspecified atom stereocenters. The quantitative estimate of drug-likeness (QED) is 0.0901. The number of fused-ring (bicyclic) bond motifs is 2. The van der Waals surface area contributed by atoms with Gasteiger partial charge in [-0.05, 0) is 36.4 Å². The maximum Gasteiger partial charge on any atom is 0.338 e. The molecule has 7 rings (SSSR count). The minimum atomic E-state index is -1.83. The molecular weight excluding hydrogens is 716 g/mol. The van der Waals surface area contributed by atoms with Crippen molar-refractivity contribution in [3.63, 3.8) is 0 Å². The number of phenols is 12. The number of aliphatic hydroxyl groups excluding tert-OH is 1. The summed E-state index contributed by atoms with van der Waals surface area (Å²) in [6, 6.07) is 10.0. The van der Waals surface area contributed by atoms with E-state index in [2.05, 4.69) is 0 Å². The predicted octanol–water partition coefficient (Wildman–Crippen LogP) is 3.68. The lowest BCUT2D eigenvalue weighted by Crippen LogP contribution is -2.38. The van der Waals surface area contributed by atoms with E-state index in [4.69, 9.17) is 14.2 Å². The number of ether oxygens (including phenoxy) is 3. The number of esters is 1. The standard InChI is InChI=1S/C37H30O17/c38-15-8-20(42)28-26(9-15)52-35(13-4-22(44)31(48)23(45)5-13)33(50)30(28)29-21(43)11-18(40)16-10-27(53-37(51)14-6-24(46)32(49)25(47)7-14)34(54-36(16)29)12-1-2-17(39)19(41)3-12/h1-9,11,27,30,33-35,38-50H,10H2/t27-,30-,33-,34-,35-/m1/s1. The summed E-state index contributed by atoms with van der Waals surface area (Å²) in [6.07, 6.45) is -6.60. The van der Waals surface area contributed by atoms with Gasteiger partial charge in [0.05, 0.1) is 11.5 Å². The monoisotopic (exact) mass is 746 g/mol. The average molecular weight is 747 g/mol. The molecule has 0 spiro atoms. The van der Waals surface area contributed by atoms with Crippen LogP contribution in [0, 0.1) is 0 Å². The van der Waals surface area contributed by atoms with Gasteiger partial charge < -0.3 is 80.6 Å². The molecule has 2 aliphatic heterocycles. The number of hydrogen-bond acceptors (Lipinski definition) is 17. The minimum absolute atomic E-state index is 0.0764. The number of aliphatic hydroxyl groups is 1. The second-order valence-electron chi connectivity index (χ2n) is 12.7. The topological polar surface area (TPSA) is 308 Å². The lowest BCUT2D eigenvalue weighted by molar-refractivity contribution is -0.0210. The summed E-state index contributed by atoms with van der Waals surface area (Å²) in [5.41, 5.74) is -0.995. The highest BCUT2D eigenvalue weighted by Crippen LogP contribution is 2.58. The number of carbonyl (C=O) groups is 1. The van der Waals surface area contributed by atoms with Crippen molar-refractivity contribution >= 4 is 5.97 Å². The van der Waals surface area contributed by atoms with Gasteiger partial charge in [0.25, 0.3) is 0 Å². The molecule has 54 heavy (non-hydrogen) atoms. The van der Waals surface area contributed by atoms with Gasteiger partial charge in [0.2, 0.25) is 0 Å². The van der Waals surface area contributed by atoms with E-state index < -0.39 is 117 Å². The third kappa shape index (κ3) is 5.77. The molecule has 0 saturated heterocycles. The molecule has 17 heteroatoms. The van der Waals surface area contributed by atoms with E-state index in [-0.39, 0.29) is 39.3 Å². The summed E-state index contributed by atoms with van der Waals surface area (Å²) in [5, 5.41) is 137. The SMILES string of the molecule is O=C(O[C@@H]1Cc2c(O)cc(O)c([C@H]3c4c(O)cc(O)cc4O[C@H](c4cc(O)c(O)c(O)c4)[C@@H]3O)c2O[C@@H]1c1ccc(O)c(O)c1)c1cc(O)c(O)c(O)c1. The molecule has 0 aromatic heterocycles. The number of carbonyl (C=O) groups excluding carboxylic acids is 1. The molecule has 0 fully saturated rings. The van der Waals surface area contributed by atoms with Gasteiger partial charge in [0.15, 0.2) is 58.2 Å². The van der Waals surface area contributed by atoms with Crippen LogP contribution in [0.15, 0.2) is 60.7 Å². The van der Waals surface area contributed by atoms with Crippen molar-refractivity contribution in [3.05, 3.63) is 94.0 Å². The van der Waals surface area contributed by atoms with Gasteiger partial charge >= 0.3 is 5.97 Å². The van der Waals surface area contributed by atoms with Gasteiger partial charge in [0.1, 0.15) is 46.7 Å². The zero-order chi connectivity index (χ0) is 38.9. The Bertz CT molecular complexity index is 2310. The lowest BCUT2D eigenvalue weighted by atomic mass is 9.77. The molecule has 0 bridgehead atoms. The second-order valence-corrected chi connectivity index (χ2v) is 12.7. The van der Waals surface area contributed by atoms with Crippen molar-refractivity contribution in [2.75, 3.05) is 0 Å². The molecule has 5 atom stereocenters. The van der Waals surface area contributed by atoms with E-state index in [9.17, 15) is 71.2 Å². The lowest BCUT2D eigenvalue weighted by Gasteiger charge is -2.40. The highest BCUT2D eigenvalue weighted by atomic mass is 16.6. The third-order valence-electron chi connectivity index (χ3n) is 9.31. The largest absolute Gasteiger partial charge is 0.508 e. The van der Waals surface area contributed by atoms with Gasteiger partial charge in [-0.25, -0.2) is 4.79 Å². The minimum Gasteiger partial charge on any atom is -0.508 e. The van der Waals surface area contributed by atoms with Crippen LogP contribution in [0.5, 0.6) is 80.5 Å². The Labute approximate surface area is 302 Å². The Kier molecular flexibility index (Phi) is 8.29. The maximum absolute atomic E-state index is 13.4. The predicted molar refractivity (Wildman–Crippen MR) is 180 cm³/mol. The van der Waals surface area contributed by atoms with Crippen molar-refractivity contribution in [1.82, 2.24) is 0 Å². The van der Waals surface area contributed by atoms with Crippen LogP contribution in [-0.2, 0) is 11.2 Å². The zero-order valence-electron chi connectivity index (χ0n) is 27.3. The van der Waals surface area contributed by atoms with Crippen molar-refractivity contribution in [1.29, 1.82) is 0 Å². The van der Waals surface area contributed by atoms with Gasteiger partial charge in [-0.3, -0.25) is 0 Å². The molecule has 5 aromatic carbocycles. The van der Waals surface area contributed by atoms with Crippen molar-refractivity contribution < 1.29 is 85.4 Å². The molecule has 17 nitrogen and oxygen atoms in total. The van der Waals surface area contributed by atoms with E-state index in [1.54, 1.807) is 0 Å². The Morgan fingerprint density at radius 1 is 0.574 bits per heavy atom. The van der Waals surface area contributed by atoms with E-state index >= 15 is 0 Å². The van der Waals surface area contributed by atoms with Crippen LogP contribution in [0.25, 0.3) is 0 Å². The zero-order valence-corrected chi connectivity index (χ0v) is 27.3. The van der Waals surface area contributed by atoms with E-state index in [1.807, 2.05) is 0 Å². The second kappa shape index (κ2) is 12.7. The average Bonchev–Trinajstić information content (AvgIpc) is 3.10. The Hall–Kier alpha value is -7.27. The van der Waals surface area contributed by atoms with Crippen LogP contribution in [-0.4, -0.2) is 84.6 Å². The number of benzene rings is 5. The number of phenolic OH excluding ortho intramolecular Hbond substituents is 12. The summed E-state index contributed by atoms with van der Waals surface area (Å²) >= 11 is 0. The molecule has 2 aliphatic rings. The fourth-order valence-corrected chi connectivity index (χ4v) is 6.79. The van der Waals surface area contributed by atoms with E-state index in [1.165, 1.54) is 6.07 Å². The number of aromatic hydroxyl groups is 12. The van der Waals surface area contributed by atoms with Crippen LogP contribution >= 0.6 is 0 Å². The molecule has 5 aromatic rings. The first-order chi connectivity index (χ1) is 25.5. The van der Waals surface area contributed by atoms with Crippen molar-refractivity contribution in [2.24, 2.45) is 0 Å². The van der Waals surface area contributed by atoms with Gasteiger partial charge in [-0.15, -0.1) is 0 Å². The molecular formula is C37H30O17. The third-order valence-corrected chi connectivity index (χ3v) is 9.31. The first-order valence-corrected chi connectivity index (χ1v) is 15.9. The summed E-state index contributed by atoms with van der Waals surface area (Å²) < 4.78 is 18.0. The van der Waals surface area contributed by atoms with Crippen LogP contribution in [0.2, 0.25) is 0 Å².